The quantitative estimate of drug-likeness (QED) is 0.584. The molecular formula is C22H21N5O. The van der Waals surface area contributed by atoms with Crippen LogP contribution in [0.2, 0.25) is 0 Å². The number of benzene rings is 2. The van der Waals surface area contributed by atoms with Gasteiger partial charge >= 0.3 is 0 Å². The summed E-state index contributed by atoms with van der Waals surface area (Å²) in [5, 5.41) is 7.19. The Morgan fingerprint density at radius 2 is 1.75 bits per heavy atom. The molecule has 2 heterocycles. The minimum Gasteiger partial charge on any atom is -0.352 e. The largest absolute Gasteiger partial charge is 0.352 e. The van der Waals surface area contributed by atoms with E-state index in [1.807, 2.05) is 49.0 Å². The number of carbonyl (C=O) groups excluding carboxylic acids is 1. The maximum Gasteiger partial charge on any atom is 0.251 e. The summed E-state index contributed by atoms with van der Waals surface area (Å²) in [6.45, 7) is 4.42. The van der Waals surface area contributed by atoms with Gasteiger partial charge in [0.15, 0.2) is 0 Å². The highest BCUT2D eigenvalue weighted by molar-refractivity contribution is 5.97. The Hall–Kier alpha value is -3.54. The number of rotatable bonds is 5. The molecule has 0 aliphatic rings. The highest BCUT2D eigenvalue weighted by atomic mass is 16.1. The molecule has 0 saturated carbocycles. The highest BCUT2D eigenvalue weighted by Gasteiger charge is 2.08. The van der Waals surface area contributed by atoms with Crippen LogP contribution in [0.4, 0.5) is 0 Å². The number of hydrogen-bond acceptors (Lipinski definition) is 4. The van der Waals surface area contributed by atoms with Gasteiger partial charge in [-0.3, -0.25) is 4.79 Å². The van der Waals surface area contributed by atoms with Gasteiger partial charge in [0.25, 0.3) is 5.91 Å². The zero-order valence-electron chi connectivity index (χ0n) is 15.9. The predicted octanol–water partition coefficient (Wildman–Crippen LogP) is 3.40. The first-order chi connectivity index (χ1) is 13.6. The monoisotopic (exact) mass is 371 g/mol. The summed E-state index contributed by atoms with van der Waals surface area (Å²) < 4.78 is 1.82. The molecule has 2 aromatic heterocycles. The molecule has 140 valence electrons. The first-order valence-electron chi connectivity index (χ1n) is 9.22. The van der Waals surface area contributed by atoms with E-state index >= 15 is 0 Å². The van der Waals surface area contributed by atoms with Crippen molar-refractivity contribution >= 4 is 16.9 Å². The van der Waals surface area contributed by atoms with Crippen LogP contribution < -0.4 is 5.32 Å². The van der Waals surface area contributed by atoms with Crippen molar-refractivity contribution in [2.75, 3.05) is 6.54 Å². The Kier molecular flexibility index (Phi) is 4.85. The van der Waals surface area contributed by atoms with E-state index < -0.39 is 0 Å². The fourth-order valence-electron chi connectivity index (χ4n) is 3.03. The molecule has 2 aromatic carbocycles. The smallest absolute Gasteiger partial charge is 0.251 e. The average Bonchev–Trinajstić information content (AvgIpc) is 3.24. The van der Waals surface area contributed by atoms with Crippen LogP contribution >= 0.6 is 0 Å². The van der Waals surface area contributed by atoms with Crippen molar-refractivity contribution in [2.45, 2.75) is 20.3 Å². The van der Waals surface area contributed by atoms with Crippen LogP contribution in [0, 0.1) is 13.8 Å². The Balaban J connectivity index is 1.38. The lowest BCUT2D eigenvalue weighted by Gasteiger charge is -2.08. The lowest BCUT2D eigenvalue weighted by atomic mass is 10.1. The van der Waals surface area contributed by atoms with Crippen molar-refractivity contribution in [3.8, 4) is 5.69 Å². The SMILES string of the molecule is Cc1nc2ccc(C(=O)NCCc3ccc(-n4cccn4)cc3)cc2nc1C. The molecule has 0 aliphatic carbocycles. The van der Waals surface area contributed by atoms with E-state index in [9.17, 15) is 4.79 Å². The molecule has 0 saturated heterocycles. The predicted molar refractivity (Wildman–Crippen MR) is 109 cm³/mol. The maximum atomic E-state index is 12.5. The summed E-state index contributed by atoms with van der Waals surface area (Å²) in [6.07, 6.45) is 4.42. The van der Waals surface area contributed by atoms with Crippen LogP contribution in [0.15, 0.2) is 60.9 Å². The fraction of sp³-hybridized carbons (Fsp3) is 0.182. The summed E-state index contributed by atoms with van der Waals surface area (Å²) in [5.41, 5.74) is 6.10. The molecule has 4 rings (SSSR count). The summed E-state index contributed by atoms with van der Waals surface area (Å²) in [5.74, 6) is -0.102. The van der Waals surface area contributed by atoms with Crippen LogP contribution in [-0.4, -0.2) is 32.2 Å². The lowest BCUT2D eigenvalue weighted by Crippen LogP contribution is -2.25. The van der Waals surface area contributed by atoms with E-state index in [1.165, 1.54) is 0 Å². The lowest BCUT2D eigenvalue weighted by molar-refractivity contribution is 0.0954. The maximum absolute atomic E-state index is 12.5. The minimum absolute atomic E-state index is 0.102. The van der Waals surface area contributed by atoms with Crippen molar-refractivity contribution in [1.82, 2.24) is 25.1 Å². The second kappa shape index (κ2) is 7.60. The average molecular weight is 371 g/mol. The zero-order valence-corrected chi connectivity index (χ0v) is 15.9. The van der Waals surface area contributed by atoms with Gasteiger partial charge in [-0.25, -0.2) is 14.6 Å². The molecule has 4 aromatic rings. The molecule has 0 radical (unpaired) electrons. The molecule has 0 fully saturated rings. The van der Waals surface area contributed by atoms with Gasteiger partial charge in [0, 0.05) is 24.5 Å². The second-order valence-corrected chi connectivity index (χ2v) is 6.72. The van der Waals surface area contributed by atoms with E-state index in [4.69, 9.17) is 0 Å². The van der Waals surface area contributed by atoms with Crippen molar-refractivity contribution in [1.29, 1.82) is 0 Å². The normalized spacial score (nSPS) is 10.9. The van der Waals surface area contributed by atoms with E-state index in [1.54, 1.807) is 18.3 Å². The third-order valence-corrected chi connectivity index (χ3v) is 4.74. The Bertz CT molecular complexity index is 1120. The first-order valence-corrected chi connectivity index (χ1v) is 9.22. The second-order valence-electron chi connectivity index (χ2n) is 6.72. The van der Waals surface area contributed by atoms with Gasteiger partial charge in [0.2, 0.25) is 0 Å². The van der Waals surface area contributed by atoms with Gasteiger partial charge in [-0.1, -0.05) is 12.1 Å². The first kappa shape index (κ1) is 17.9. The summed E-state index contributed by atoms with van der Waals surface area (Å²) >= 11 is 0. The molecule has 0 unspecified atom stereocenters. The number of hydrogen-bond donors (Lipinski definition) is 1. The number of amides is 1. The number of aromatic nitrogens is 4. The summed E-state index contributed by atoms with van der Waals surface area (Å²) in [4.78, 5) is 21.5. The molecule has 6 nitrogen and oxygen atoms in total. The van der Waals surface area contributed by atoms with Crippen LogP contribution in [0.1, 0.15) is 27.3 Å². The number of nitrogens with one attached hydrogen (secondary N) is 1. The summed E-state index contributed by atoms with van der Waals surface area (Å²) in [6, 6.07) is 15.5. The minimum atomic E-state index is -0.102. The third-order valence-electron chi connectivity index (χ3n) is 4.74. The molecule has 28 heavy (non-hydrogen) atoms. The van der Waals surface area contributed by atoms with Gasteiger partial charge in [0.1, 0.15) is 0 Å². The van der Waals surface area contributed by atoms with Crippen LogP contribution in [0.25, 0.3) is 16.7 Å². The molecule has 1 N–H and O–H groups in total. The molecule has 0 aliphatic heterocycles. The topological polar surface area (TPSA) is 72.7 Å². The van der Waals surface area contributed by atoms with Crippen molar-refractivity contribution in [2.24, 2.45) is 0 Å². The molecule has 6 heteroatoms. The van der Waals surface area contributed by atoms with Crippen molar-refractivity contribution in [3.63, 3.8) is 0 Å². The molecule has 1 amide bonds. The fourth-order valence-corrected chi connectivity index (χ4v) is 3.03. The van der Waals surface area contributed by atoms with Gasteiger partial charge in [-0.05, 0) is 62.2 Å². The van der Waals surface area contributed by atoms with Gasteiger partial charge in [-0.15, -0.1) is 0 Å². The molecule has 0 spiro atoms. The van der Waals surface area contributed by atoms with E-state index in [2.05, 4.69) is 32.5 Å². The Morgan fingerprint density at radius 1 is 1.00 bits per heavy atom. The molecular weight excluding hydrogens is 350 g/mol. The summed E-state index contributed by atoms with van der Waals surface area (Å²) in [7, 11) is 0. The number of carbonyl (C=O) groups is 1. The van der Waals surface area contributed by atoms with Crippen molar-refractivity contribution < 1.29 is 4.79 Å². The van der Waals surface area contributed by atoms with Gasteiger partial charge in [-0.2, -0.15) is 5.10 Å². The zero-order chi connectivity index (χ0) is 19.5. The molecule has 0 bridgehead atoms. The number of aryl methyl sites for hydroxylation is 2. The van der Waals surface area contributed by atoms with Crippen LogP contribution in [0.5, 0.6) is 0 Å². The van der Waals surface area contributed by atoms with E-state index in [0.29, 0.717) is 12.1 Å². The number of nitrogens with zero attached hydrogens (tertiary/aromatic N) is 4. The van der Waals surface area contributed by atoms with Gasteiger partial charge in [0.05, 0.1) is 28.1 Å². The van der Waals surface area contributed by atoms with Crippen molar-refractivity contribution in [3.05, 3.63) is 83.4 Å². The third kappa shape index (κ3) is 3.76. The highest BCUT2D eigenvalue weighted by Crippen LogP contribution is 2.14. The Labute approximate surface area is 163 Å². The number of fused-ring (bicyclic) bond motifs is 1. The van der Waals surface area contributed by atoms with E-state index in [-0.39, 0.29) is 5.91 Å². The van der Waals surface area contributed by atoms with Crippen LogP contribution in [-0.2, 0) is 6.42 Å². The van der Waals surface area contributed by atoms with Crippen LogP contribution in [0.3, 0.4) is 0 Å². The van der Waals surface area contributed by atoms with E-state index in [0.717, 1.165) is 40.1 Å². The Morgan fingerprint density at radius 3 is 2.46 bits per heavy atom. The molecule has 0 atom stereocenters. The standard InChI is InChI=1S/C22H21N5O/c1-15-16(2)26-21-14-18(6-9-20(21)25-15)22(28)23-12-10-17-4-7-19(8-5-17)27-13-3-11-24-27/h3-9,11,13-14H,10,12H2,1-2H3,(H,23,28). The van der Waals surface area contributed by atoms with Gasteiger partial charge < -0.3 is 5.32 Å².